The minimum Gasteiger partial charge on any atom is -0.507 e. The fourth-order valence-electron chi connectivity index (χ4n) is 2.62. The molecule has 0 saturated heterocycles. The zero-order valence-electron chi connectivity index (χ0n) is 12.9. The van der Waals surface area contributed by atoms with E-state index < -0.39 is 12.0 Å². The lowest BCUT2D eigenvalue weighted by atomic mass is 9.90. The molecular weight excluding hydrogens is 294 g/mol. The Kier molecular flexibility index (Phi) is 5.73. The summed E-state index contributed by atoms with van der Waals surface area (Å²) < 4.78 is 0. The Labute approximate surface area is 134 Å². The second-order valence-electron chi connectivity index (χ2n) is 5.60. The van der Waals surface area contributed by atoms with Gasteiger partial charge in [-0.3, -0.25) is 10.0 Å². The van der Waals surface area contributed by atoms with Crippen LogP contribution in [0.3, 0.4) is 0 Å². The molecule has 23 heavy (non-hydrogen) atoms. The van der Waals surface area contributed by atoms with Crippen LogP contribution in [0.15, 0.2) is 48.6 Å². The van der Waals surface area contributed by atoms with E-state index in [1.165, 1.54) is 11.6 Å². The number of aromatic hydroxyl groups is 1. The third-order valence-electron chi connectivity index (χ3n) is 3.96. The average molecular weight is 315 g/mol. The number of aliphatic hydroxyl groups is 1. The highest BCUT2D eigenvalue weighted by molar-refractivity contribution is 5.91. The third kappa shape index (κ3) is 4.09. The Bertz CT molecular complexity index is 711. The van der Waals surface area contributed by atoms with Crippen molar-refractivity contribution < 1.29 is 20.2 Å². The van der Waals surface area contributed by atoms with Gasteiger partial charge in [0.25, 0.3) is 5.91 Å². The molecule has 122 valence electrons. The number of phenols is 1. The number of benzene rings is 2. The molecule has 0 bridgehead atoms. The van der Waals surface area contributed by atoms with Crippen molar-refractivity contribution in [3.63, 3.8) is 0 Å². The molecule has 1 amide bonds. The topological polar surface area (TPSA) is 89.8 Å². The van der Waals surface area contributed by atoms with E-state index in [0.717, 1.165) is 16.3 Å². The lowest BCUT2D eigenvalue weighted by Gasteiger charge is -2.20. The third-order valence-corrected chi connectivity index (χ3v) is 3.96. The maximum Gasteiger partial charge on any atom is 0.267 e. The molecule has 5 heteroatoms. The van der Waals surface area contributed by atoms with Crippen molar-refractivity contribution in [1.29, 1.82) is 0 Å². The molecule has 0 aliphatic carbocycles. The fraction of sp³-hybridized carbons (Fsp3) is 0.278. The van der Waals surface area contributed by atoms with Crippen LogP contribution in [0.2, 0.25) is 0 Å². The number of hydrogen-bond donors (Lipinski definition) is 4. The maximum absolute atomic E-state index is 10.9. The number of phenolic OH excluding ortho intramolecular Hbond substituents is 1. The minimum atomic E-state index is -0.666. The molecule has 0 radical (unpaired) electrons. The van der Waals surface area contributed by atoms with Crippen LogP contribution < -0.4 is 5.48 Å². The molecule has 0 aromatic heterocycles. The van der Waals surface area contributed by atoms with Gasteiger partial charge >= 0.3 is 0 Å². The molecule has 0 spiro atoms. The Morgan fingerprint density at radius 2 is 1.91 bits per heavy atom. The highest BCUT2D eigenvalue weighted by atomic mass is 16.5. The Hall–Kier alpha value is -2.37. The highest BCUT2D eigenvalue weighted by Gasteiger charge is 2.18. The molecule has 4 N–H and O–H groups in total. The normalized spacial score (nSPS) is 14.0. The molecule has 2 aromatic rings. The van der Waals surface area contributed by atoms with Gasteiger partial charge in [-0.2, -0.15) is 0 Å². The van der Waals surface area contributed by atoms with E-state index >= 15 is 0 Å². The number of hydroxylamine groups is 1. The van der Waals surface area contributed by atoms with Gasteiger partial charge in [-0.1, -0.05) is 43.3 Å². The van der Waals surface area contributed by atoms with Crippen LogP contribution in [-0.2, 0) is 4.79 Å². The summed E-state index contributed by atoms with van der Waals surface area (Å²) in [5.41, 5.74) is 2.31. The van der Waals surface area contributed by atoms with Gasteiger partial charge < -0.3 is 10.2 Å². The SMILES string of the molecule is C[C@H](CC/C=C/C(=O)NO)[C@@H](O)c1ccc(O)c2ccccc12. The first-order valence-corrected chi connectivity index (χ1v) is 7.54. The van der Waals surface area contributed by atoms with Crippen molar-refractivity contribution in [2.24, 2.45) is 5.92 Å². The van der Waals surface area contributed by atoms with Crippen molar-refractivity contribution in [2.45, 2.75) is 25.9 Å². The largest absolute Gasteiger partial charge is 0.507 e. The fourth-order valence-corrected chi connectivity index (χ4v) is 2.62. The first kappa shape index (κ1) is 17.0. The summed E-state index contributed by atoms with van der Waals surface area (Å²) in [5, 5.41) is 30.5. The Balaban J connectivity index is 2.11. The quantitative estimate of drug-likeness (QED) is 0.375. The first-order valence-electron chi connectivity index (χ1n) is 7.54. The summed E-state index contributed by atoms with van der Waals surface area (Å²) in [6.45, 7) is 1.94. The maximum atomic E-state index is 10.9. The van der Waals surface area contributed by atoms with Crippen molar-refractivity contribution in [3.8, 4) is 5.75 Å². The molecule has 0 aliphatic heterocycles. The zero-order chi connectivity index (χ0) is 16.8. The van der Waals surface area contributed by atoms with E-state index in [9.17, 15) is 15.0 Å². The number of amides is 1. The number of carbonyl (C=O) groups is 1. The molecule has 2 rings (SSSR count). The lowest BCUT2D eigenvalue weighted by Crippen LogP contribution is -2.15. The lowest BCUT2D eigenvalue weighted by molar-refractivity contribution is -0.124. The molecule has 0 heterocycles. The van der Waals surface area contributed by atoms with Gasteiger partial charge in [-0.25, -0.2) is 5.48 Å². The molecule has 0 unspecified atom stereocenters. The minimum absolute atomic E-state index is 0.0233. The second-order valence-corrected chi connectivity index (χ2v) is 5.60. The molecule has 0 aliphatic rings. The van der Waals surface area contributed by atoms with Crippen molar-refractivity contribution in [3.05, 3.63) is 54.1 Å². The molecule has 0 fully saturated rings. The van der Waals surface area contributed by atoms with Gasteiger partial charge in [0.15, 0.2) is 0 Å². The van der Waals surface area contributed by atoms with Gasteiger partial charge in [0, 0.05) is 11.5 Å². The highest BCUT2D eigenvalue weighted by Crippen LogP contribution is 2.34. The Morgan fingerprint density at radius 1 is 1.22 bits per heavy atom. The molecular formula is C18H21NO4. The van der Waals surface area contributed by atoms with Crippen LogP contribution in [0.25, 0.3) is 10.8 Å². The van der Waals surface area contributed by atoms with Crippen LogP contribution in [0.5, 0.6) is 5.75 Å². The van der Waals surface area contributed by atoms with Crippen LogP contribution in [-0.4, -0.2) is 21.3 Å². The smallest absolute Gasteiger partial charge is 0.267 e. The van der Waals surface area contributed by atoms with E-state index in [2.05, 4.69) is 0 Å². The number of nitrogens with one attached hydrogen (secondary N) is 1. The van der Waals surface area contributed by atoms with Crippen LogP contribution >= 0.6 is 0 Å². The van der Waals surface area contributed by atoms with Crippen LogP contribution in [0.1, 0.15) is 31.4 Å². The van der Waals surface area contributed by atoms with E-state index in [4.69, 9.17) is 5.21 Å². The van der Waals surface area contributed by atoms with Gasteiger partial charge in [-0.05, 0) is 35.8 Å². The number of hydrogen-bond acceptors (Lipinski definition) is 4. The molecule has 5 nitrogen and oxygen atoms in total. The molecule has 2 atom stereocenters. The Morgan fingerprint density at radius 3 is 2.61 bits per heavy atom. The van der Waals surface area contributed by atoms with Crippen molar-refractivity contribution >= 4 is 16.7 Å². The number of allylic oxidation sites excluding steroid dienone is 1. The van der Waals surface area contributed by atoms with Gasteiger partial charge in [0.1, 0.15) is 5.75 Å². The van der Waals surface area contributed by atoms with Gasteiger partial charge in [-0.15, -0.1) is 0 Å². The van der Waals surface area contributed by atoms with E-state index in [0.29, 0.717) is 12.8 Å². The summed E-state index contributed by atoms with van der Waals surface area (Å²) in [6, 6.07) is 10.8. The van der Waals surface area contributed by atoms with E-state index in [1.54, 1.807) is 18.2 Å². The first-order chi connectivity index (χ1) is 11.0. The number of aliphatic hydroxyl groups excluding tert-OH is 1. The molecule has 0 saturated carbocycles. The van der Waals surface area contributed by atoms with Gasteiger partial charge in [0.05, 0.1) is 6.10 Å². The van der Waals surface area contributed by atoms with Gasteiger partial charge in [0.2, 0.25) is 0 Å². The number of rotatable bonds is 6. The predicted molar refractivity (Wildman–Crippen MR) is 88.0 cm³/mol. The van der Waals surface area contributed by atoms with Crippen molar-refractivity contribution in [1.82, 2.24) is 5.48 Å². The summed E-state index contributed by atoms with van der Waals surface area (Å²) in [6.07, 6.45) is 3.55. The van der Waals surface area contributed by atoms with Crippen LogP contribution in [0.4, 0.5) is 0 Å². The monoisotopic (exact) mass is 315 g/mol. The van der Waals surface area contributed by atoms with E-state index in [1.807, 2.05) is 31.2 Å². The number of carbonyl (C=O) groups excluding carboxylic acids is 1. The summed E-state index contributed by atoms with van der Waals surface area (Å²) in [7, 11) is 0. The number of fused-ring (bicyclic) bond motifs is 1. The standard InChI is InChI=1S/C18H21NO4/c1-12(6-2-5-9-17(21)19-23)18(22)15-10-11-16(20)14-8-4-3-7-13(14)15/h3-5,7-12,18,20,22-23H,2,6H2,1H3,(H,19,21)/b9-5+/t12-,18-/m1/s1. The zero-order valence-corrected chi connectivity index (χ0v) is 12.9. The second kappa shape index (κ2) is 7.76. The average Bonchev–Trinajstić information content (AvgIpc) is 2.58. The summed E-state index contributed by atoms with van der Waals surface area (Å²) in [4.78, 5) is 10.9. The van der Waals surface area contributed by atoms with Crippen molar-refractivity contribution in [2.75, 3.05) is 0 Å². The predicted octanol–water partition coefficient (Wildman–Crippen LogP) is 3.06. The summed E-state index contributed by atoms with van der Waals surface area (Å²) >= 11 is 0. The van der Waals surface area contributed by atoms with Crippen LogP contribution in [0, 0.1) is 5.92 Å². The summed E-state index contributed by atoms with van der Waals surface area (Å²) in [5.74, 6) is -0.394. The van der Waals surface area contributed by atoms with E-state index in [-0.39, 0.29) is 11.7 Å². The molecule has 2 aromatic carbocycles.